The van der Waals surface area contributed by atoms with Crippen LogP contribution in [-0.4, -0.2) is 72.8 Å². The van der Waals surface area contributed by atoms with Gasteiger partial charge in [-0.05, 0) is 81.0 Å². The fourth-order valence-corrected chi connectivity index (χ4v) is 4.64. The summed E-state index contributed by atoms with van der Waals surface area (Å²) in [6.45, 7) is 2.32. The summed E-state index contributed by atoms with van der Waals surface area (Å²) in [5.41, 5.74) is 9.09. The van der Waals surface area contributed by atoms with E-state index in [1.54, 1.807) is 0 Å². The fourth-order valence-electron chi connectivity index (χ4n) is 4.64. The maximum absolute atomic E-state index is 12.4. The van der Waals surface area contributed by atoms with Gasteiger partial charge in [-0.1, -0.05) is 30.1 Å². The van der Waals surface area contributed by atoms with E-state index in [0.29, 0.717) is 83.8 Å². The molecule has 14 nitrogen and oxygen atoms in total. The van der Waals surface area contributed by atoms with E-state index in [9.17, 15) is 42.3 Å². The average molecular weight is 686 g/mol. The second-order valence-corrected chi connectivity index (χ2v) is 11.2. The SMILES string of the molecule is CC(=O)N[C@@H](CCCCN=[N+]=[N-])C(=O)NCCCCCC(=O)N[C@@H](CCCCNC(=O)CCCc1ccc(OC(F)(F)F)cc1)C(=O)O. The monoisotopic (exact) mass is 685 g/mol. The molecule has 5 N–H and O–H groups in total. The van der Waals surface area contributed by atoms with Crippen LogP contribution in [0.3, 0.4) is 0 Å². The summed E-state index contributed by atoms with van der Waals surface area (Å²) in [7, 11) is 0. The molecule has 17 heteroatoms. The summed E-state index contributed by atoms with van der Waals surface area (Å²) >= 11 is 0. The van der Waals surface area contributed by atoms with Gasteiger partial charge in [-0.15, -0.1) is 13.2 Å². The molecule has 268 valence electrons. The van der Waals surface area contributed by atoms with Crippen molar-refractivity contribution >= 4 is 29.6 Å². The highest BCUT2D eigenvalue weighted by atomic mass is 19.4. The van der Waals surface area contributed by atoms with Gasteiger partial charge in [0.2, 0.25) is 23.6 Å². The number of azide groups is 1. The molecular weight excluding hydrogens is 639 g/mol. The first kappa shape index (κ1) is 41.5. The van der Waals surface area contributed by atoms with Crippen LogP contribution in [0.1, 0.15) is 89.5 Å². The number of halogens is 3. The van der Waals surface area contributed by atoms with Crippen LogP contribution >= 0.6 is 0 Å². The molecule has 0 aliphatic rings. The van der Waals surface area contributed by atoms with Gasteiger partial charge in [-0.2, -0.15) is 0 Å². The summed E-state index contributed by atoms with van der Waals surface area (Å²) in [6.07, 6.45) is 1.03. The molecular formula is C31H46F3N7O7. The number of unbranched alkanes of at least 4 members (excludes halogenated alkanes) is 4. The van der Waals surface area contributed by atoms with Gasteiger partial charge in [0.05, 0.1) is 0 Å². The zero-order chi connectivity index (χ0) is 35.8. The molecule has 1 rings (SSSR count). The lowest BCUT2D eigenvalue weighted by molar-refractivity contribution is -0.274. The molecule has 4 amide bonds. The molecule has 0 saturated heterocycles. The predicted octanol–water partition coefficient (Wildman–Crippen LogP) is 4.43. The number of carboxylic acids is 1. The lowest BCUT2D eigenvalue weighted by atomic mass is 10.1. The number of carbonyl (C=O) groups is 5. The summed E-state index contributed by atoms with van der Waals surface area (Å²) in [5.74, 6) is -2.70. The van der Waals surface area contributed by atoms with Crippen LogP contribution < -0.4 is 26.0 Å². The molecule has 48 heavy (non-hydrogen) atoms. The van der Waals surface area contributed by atoms with Gasteiger partial charge >= 0.3 is 12.3 Å². The van der Waals surface area contributed by atoms with E-state index < -0.39 is 30.3 Å². The Morgan fingerprint density at radius 2 is 1.46 bits per heavy atom. The number of rotatable bonds is 25. The number of ether oxygens (including phenoxy) is 1. The zero-order valence-electron chi connectivity index (χ0n) is 27.2. The Labute approximate surface area is 277 Å². The topological polar surface area (TPSA) is 212 Å². The summed E-state index contributed by atoms with van der Waals surface area (Å²) in [5, 5.41) is 23.6. The lowest BCUT2D eigenvalue weighted by Crippen LogP contribution is -2.46. The summed E-state index contributed by atoms with van der Waals surface area (Å²) < 4.78 is 40.6. The van der Waals surface area contributed by atoms with Crippen molar-refractivity contribution in [1.29, 1.82) is 0 Å². The number of aryl methyl sites for hydroxylation is 1. The first-order chi connectivity index (χ1) is 22.8. The molecule has 0 aromatic heterocycles. The Bertz CT molecular complexity index is 1210. The van der Waals surface area contributed by atoms with Gasteiger partial charge in [0.25, 0.3) is 0 Å². The minimum Gasteiger partial charge on any atom is -0.480 e. The van der Waals surface area contributed by atoms with Crippen LogP contribution in [0.2, 0.25) is 0 Å². The van der Waals surface area contributed by atoms with Crippen molar-refractivity contribution in [2.45, 2.75) is 109 Å². The minimum absolute atomic E-state index is 0.124. The number of nitrogens with zero attached hydrogens (tertiary/aromatic N) is 3. The third-order valence-corrected chi connectivity index (χ3v) is 7.04. The standard InChI is InChI=1S/C31H46F3N7O7/c1-22(42)39-25(11-5-8-21-38-41-35)29(45)37-20-6-2-3-13-28(44)40-26(30(46)47)12-4-7-19-36-27(43)14-9-10-23-15-17-24(18-16-23)48-31(32,33)34/h15-18,25-26H,2-14,19-21H2,1H3,(H,36,43)(H,37,45)(H,39,42)(H,40,44)(H,46,47)/t25-,26-/m0/s1. The van der Waals surface area contributed by atoms with Gasteiger partial charge < -0.3 is 31.1 Å². The lowest BCUT2D eigenvalue weighted by Gasteiger charge is -2.17. The Hall–Kier alpha value is -4.53. The second-order valence-electron chi connectivity index (χ2n) is 11.2. The quantitative estimate of drug-likeness (QED) is 0.0432. The van der Waals surface area contributed by atoms with E-state index >= 15 is 0 Å². The van der Waals surface area contributed by atoms with Crippen molar-refractivity contribution in [3.8, 4) is 5.75 Å². The second kappa shape index (κ2) is 23.7. The maximum Gasteiger partial charge on any atom is 0.573 e. The molecule has 0 radical (unpaired) electrons. The van der Waals surface area contributed by atoms with Gasteiger partial charge in [0.1, 0.15) is 17.8 Å². The number of carbonyl (C=O) groups excluding carboxylic acids is 4. The first-order valence-electron chi connectivity index (χ1n) is 16.0. The van der Waals surface area contributed by atoms with Crippen LogP contribution in [0.5, 0.6) is 5.75 Å². The minimum atomic E-state index is -4.76. The van der Waals surface area contributed by atoms with Crippen LogP contribution in [0, 0.1) is 0 Å². The van der Waals surface area contributed by atoms with Gasteiger partial charge in [0.15, 0.2) is 0 Å². The molecule has 0 spiro atoms. The van der Waals surface area contributed by atoms with Crippen LogP contribution in [0.4, 0.5) is 13.2 Å². The average Bonchev–Trinajstić information content (AvgIpc) is 3.01. The number of alkyl halides is 3. The molecule has 0 fully saturated rings. The zero-order valence-corrected chi connectivity index (χ0v) is 27.2. The Kier molecular flexibility index (Phi) is 20.5. The molecule has 1 aromatic rings. The van der Waals surface area contributed by atoms with Crippen molar-refractivity contribution in [2.24, 2.45) is 5.11 Å². The van der Waals surface area contributed by atoms with Crippen LogP contribution in [0.15, 0.2) is 29.4 Å². The molecule has 0 unspecified atom stereocenters. The fraction of sp³-hybridized carbons (Fsp3) is 0.645. The number of aliphatic carboxylic acids is 1. The summed E-state index contributed by atoms with van der Waals surface area (Å²) in [6, 6.07) is 3.70. The van der Waals surface area contributed by atoms with Crippen molar-refractivity contribution in [3.63, 3.8) is 0 Å². The van der Waals surface area contributed by atoms with Crippen LogP contribution in [0.25, 0.3) is 10.4 Å². The largest absolute Gasteiger partial charge is 0.573 e. The Morgan fingerprint density at radius 1 is 0.833 bits per heavy atom. The van der Waals surface area contributed by atoms with E-state index in [2.05, 4.69) is 36.0 Å². The molecule has 0 saturated carbocycles. The highest BCUT2D eigenvalue weighted by Gasteiger charge is 2.31. The number of benzene rings is 1. The van der Waals surface area contributed by atoms with Gasteiger partial charge in [-0.3, -0.25) is 19.2 Å². The summed E-state index contributed by atoms with van der Waals surface area (Å²) in [4.78, 5) is 62.5. The number of amides is 4. The van der Waals surface area contributed by atoms with Crippen molar-refractivity contribution in [2.75, 3.05) is 19.6 Å². The van der Waals surface area contributed by atoms with E-state index in [-0.39, 0.29) is 42.7 Å². The van der Waals surface area contributed by atoms with Gasteiger partial charge in [-0.25, -0.2) is 4.79 Å². The Balaban J connectivity index is 2.20. The highest BCUT2D eigenvalue weighted by Crippen LogP contribution is 2.23. The molecule has 0 heterocycles. The first-order valence-corrected chi connectivity index (χ1v) is 16.0. The van der Waals surface area contributed by atoms with Crippen molar-refractivity contribution in [3.05, 3.63) is 40.3 Å². The van der Waals surface area contributed by atoms with E-state index in [1.165, 1.54) is 31.2 Å². The van der Waals surface area contributed by atoms with E-state index in [0.717, 1.165) is 5.56 Å². The third kappa shape index (κ3) is 21.3. The molecule has 0 aliphatic heterocycles. The van der Waals surface area contributed by atoms with Gasteiger partial charge in [0, 0.05) is 44.3 Å². The number of carboxylic acid groups (broad SMARTS) is 1. The smallest absolute Gasteiger partial charge is 0.480 e. The van der Waals surface area contributed by atoms with E-state index in [1.807, 2.05) is 0 Å². The third-order valence-electron chi connectivity index (χ3n) is 7.04. The number of nitrogens with one attached hydrogen (secondary N) is 4. The molecule has 0 bridgehead atoms. The molecule has 0 aliphatic carbocycles. The highest BCUT2D eigenvalue weighted by molar-refractivity contribution is 5.86. The van der Waals surface area contributed by atoms with Crippen molar-refractivity contribution < 1.29 is 47.0 Å². The Morgan fingerprint density at radius 3 is 2.10 bits per heavy atom. The van der Waals surface area contributed by atoms with Crippen LogP contribution in [-0.2, 0) is 30.4 Å². The van der Waals surface area contributed by atoms with Crippen molar-refractivity contribution in [1.82, 2.24) is 21.3 Å². The number of hydrogen-bond donors (Lipinski definition) is 5. The molecule has 2 atom stereocenters. The normalized spacial score (nSPS) is 12.2. The molecule has 1 aromatic carbocycles. The van der Waals surface area contributed by atoms with E-state index in [4.69, 9.17) is 5.53 Å². The maximum atomic E-state index is 12.4. The number of hydrogen-bond acceptors (Lipinski definition) is 7. The predicted molar refractivity (Wildman–Crippen MR) is 169 cm³/mol.